The predicted octanol–water partition coefficient (Wildman–Crippen LogP) is 3.76. The number of hydrogen-bond acceptors (Lipinski definition) is 4. The minimum absolute atomic E-state index is 0.122. The van der Waals surface area contributed by atoms with Gasteiger partial charge in [0.05, 0.1) is 12.5 Å². The molecule has 2 aromatic rings. The van der Waals surface area contributed by atoms with Gasteiger partial charge in [-0.2, -0.15) is 0 Å². The summed E-state index contributed by atoms with van der Waals surface area (Å²) < 4.78 is 11.4. The summed E-state index contributed by atoms with van der Waals surface area (Å²) in [6, 6.07) is 5.49. The standard InChI is InChI=1S/C18H21ClN2O3/c19-13-3-4-16-15(10-13)20-18(24-16)12-5-7-21(8-6-12)17(22)11-14-2-1-9-23-14/h3-4,10,12,14H,1-2,5-9,11H2. The Morgan fingerprint density at radius 2 is 2.12 bits per heavy atom. The molecule has 6 heteroatoms. The van der Waals surface area contributed by atoms with Crippen LogP contribution in [0.4, 0.5) is 0 Å². The Morgan fingerprint density at radius 3 is 2.88 bits per heavy atom. The zero-order valence-corrected chi connectivity index (χ0v) is 14.3. The smallest absolute Gasteiger partial charge is 0.225 e. The van der Waals surface area contributed by atoms with Crippen LogP contribution in [0.2, 0.25) is 5.02 Å². The minimum Gasteiger partial charge on any atom is -0.440 e. The Balaban J connectivity index is 1.37. The summed E-state index contributed by atoms with van der Waals surface area (Å²) in [4.78, 5) is 18.9. The van der Waals surface area contributed by atoms with Crippen LogP contribution >= 0.6 is 11.6 Å². The van der Waals surface area contributed by atoms with Gasteiger partial charge in [-0.25, -0.2) is 4.98 Å². The number of fused-ring (bicyclic) bond motifs is 1. The number of benzene rings is 1. The van der Waals surface area contributed by atoms with Gasteiger partial charge in [0.25, 0.3) is 0 Å². The highest BCUT2D eigenvalue weighted by Gasteiger charge is 2.29. The van der Waals surface area contributed by atoms with Gasteiger partial charge in [-0.1, -0.05) is 11.6 Å². The first-order valence-corrected chi connectivity index (χ1v) is 9.02. The lowest BCUT2D eigenvalue weighted by atomic mass is 9.96. The van der Waals surface area contributed by atoms with Crippen LogP contribution in [0.3, 0.4) is 0 Å². The summed E-state index contributed by atoms with van der Waals surface area (Å²) in [5.74, 6) is 1.24. The lowest BCUT2D eigenvalue weighted by Gasteiger charge is -2.31. The molecule has 0 spiro atoms. The van der Waals surface area contributed by atoms with Gasteiger partial charge in [0.15, 0.2) is 11.5 Å². The second-order valence-electron chi connectivity index (χ2n) is 6.66. The Hall–Kier alpha value is -1.59. The summed E-state index contributed by atoms with van der Waals surface area (Å²) in [6.07, 6.45) is 4.49. The van der Waals surface area contributed by atoms with Crippen molar-refractivity contribution in [2.24, 2.45) is 0 Å². The molecule has 1 amide bonds. The molecule has 0 aliphatic carbocycles. The third-order valence-electron chi connectivity index (χ3n) is 4.99. The minimum atomic E-state index is 0.122. The van der Waals surface area contributed by atoms with E-state index in [1.807, 2.05) is 23.1 Å². The topological polar surface area (TPSA) is 55.6 Å². The summed E-state index contributed by atoms with van der Waals surface area (Å²) in [7, 11) is 0. The van der Waals surface area contributed by atoms with Crippen molar-refractivity contribution in [3.8, 4) is 0 Å². The molecule has 2 saturated heterocycles. The molecule has 2 aliphatic rings. The fourth-order valence-corrected chi connectivity index (χ4v) is 3.76. The fourth-order valence-electron chi connectivity index (χ4n) is 3.60. The lowest BCUT2D eigenvalue weighted by Crippen LogP contribution is -2.39. The van der Waals surface area contributed by atoms with Crippen LogP contribution in [0, 0.1) is 0 Å². The molecule has 1 aromatic carbocycles. The molecule has 128 valence electrons. The summed E-state index contributed by atoms with van der Waals surface area (Å²) in [6.45, 7) is 2.31. The molecule has 2 aliphatic heterocycles. The van der Waals surface area contributed by atoms with Gasteiger partial charge < -0.3 is 14.1 Å². The maximum absolute atomic E-state index is 12.4. The molecule has 5 nitrogen and oxygen atoms in total. The molecule has 1 unspecified atom stereocenters. The normalized spacial score (nSPS) is 22.4. The van der Waals surface area contributed by atoms with Crippen LogP contribution in [0.25, 0.3) is 11.1 Å². The Morgan fingerprint density at radius 1 is 1.29 bits per heavy atom. The van der Waals surface area contributed by atoms with Crippen molar-refractivity contribution in [3.63, 3.8) is 0 Å². The maximum atomic E-state index is 12.4. The number of amides is 1. The van der Waals surface area contributed by atoms with E-state index in [2.05, 4.69) is 4.98 Å². The van der Waals surface area contributed by atoms with Gasteiger partial charge in [-0.3, -0.25) is 4.79 Å². The molecule has 0 N–H and O–H groups in total. The van der Waals surface area contributed by atoms with Crippen molar-refractivity contribution in [3.05, 3.63) is 29.1 Å². The van der Waals surface area contributed by atoms with E-state index in [9.17, 15) is 4.79 Å². The highest BCUT2D eigenvalue weighted by atomic mass is 35.5. The van der Waals surface area contributed by atoms with Crippen molar-refractivity contribution in [2.75, 3.05) is 19.7 Å². The molecule has 3 heterocycles. The highest BCUT2D eigenvalue weighted by molar-refractivity contribution is 6.31. The van der Waals surface area contributed by atoms with Crippen molar-refractivity contribution < 1.29 is 13.9 Å². The van der Waals surface area contributed by atoms with Gasteiger partial charge in [0.2, 0.25) is 5.91 Å². The number of hydrogen-bond donors (Lipinski definition) is 0. The summed E-state index contributed by atoms with van der Waals surface area (Å²) in [5, 5.41) is 0.664. The van der Waals surface area contributed by atoms with Crippen molar-refractivity contribution in [1.29, 1.82) is 0 Å². The number of rotatable bonds is 3. The molecular weight excluding hydrogens is 328 g/mol. The molecule has 1 atom stereocenters. The van der Waals surface area contributed by atoms with E-state index in [-0.39, 0.29) is 17.9 Å². The van der Waals surface area contributed by atoms with E-state index in [1.54, 1.807) is 0 Å². The maximum Gasteiger partial charge on any atom is 0.225 e. The van der Waals surface area contributed by atoms with Crippen LogP contribution in [0.1, 0.15) is 43.9 Å². The van der Waals surface area contributed by atoms with Gasteiger partial charge in [0.1, 0.15) is 5.52 Å². The van der Waals surface area contributed by atoms with Gasteiger partial charge in [-0.05, 0) is 43.9 Å². The number of halogens is 1. The molecule has 4 rings (SSSR count). The SMILES string of the molecule is O=C(CC1CCCO1)N1CCC(c2nc3cc(Cl)ccc3o2)CC1. The summed E-state index contributed by atoms with van der Waals surface area (Å²) in [5.41, 5.74) is 1.57. The third kappa shape index (κ3) is 3.28. The first-order chi connectivity index (χ1) is 11.7. The zero-order chi connectivity index (χ0) is 16.5. The number of carbonyl (C=O) groups is 1. The largest absolute Gasteiger partial charge is 0.440 e. The number of aromatic nitrogens is 1. The zero-order valence-electron chi connectivity index (χ0n) is 13.5. The van der Waals surface area contributed by atoms with Gasteiger partial charge >= 0.3 is 0 Å². The molecule has 2 fully saturated rings. The molecule has 0 bridgehead atoms. The Bertz CT molecular complexity index is 731. The average Bonchev–Trinajstić information content (AvgIpc) is 3.24. The number of ether oxygens (including phenoxy) is 1. The first-order valence-electron chi connectivity index (χ1n) is 8.64. The third-order valence-corrected chi connectivity index (χ3v) is 5.22. The number of oxazole rings is 1. The van der Waals surface area contributed by atoms with Gasteiger partial charge in [0, 0.05) is 30.6 Å². The summed E-state index contributed by atoms with van der Waals surface area (Å²) >= 11 is 6.00. The van der Waals surface area contributed by atoms with Crippen LogP contribution < -0.4 is 0 Å². The van der Waals surface area contributed by atoms with Crippen molar-refractivity contribution >= 4 is 28.6 Å². The second kappa shape index (κ2) is 6.73. The number of carbonyl (C=O) groups excluding carboxylic acids is 1. The monoisotopic (exact) mass is 348 g/mol. The van der Waals surface area contributed by atoms with E-state index < -0.39 is 0 Å². The van der Waals surface area contributed by atoms with Crippen LogP contribution in [0.5, 0.6) is 0 Å². The highest BCUT2D eigenvalue weighted by Crippen LogP contribution is 2.31. The van der Waals surface area contributed by atoms with Crippen LogP contribution in [0.15, 0.2) is 22.6 Å². The number of piperidine rings is 1. The molecule has 0 radical (unpaired) electrons. The Kier molecular flexibility index (Phi) is 4.46. The van der Waals surface area contributed by atoms with Crippen molar-refractivity contribution in [1.82, 2.24) is 9.88 Å². The van der Waals surface area contributed by atoms with E-state index in [4.69, 9.17) is 20.8 Å². The first kappa shape index (κ1) is 15.9. The molecule has 1 aromatic heterocycles. The van der Waals surface area contributed by atoms with E-state index in [0.717, 1.165) is 62.4 Å². The van der Waals surface area contributed by atoms with Crippen molar-refractivity contribution in [2.45, 2.75) is 44.1 Å². The Labute approximate surface area is 145 Å². The second-order valence-corrected chi connectivity index (χ2v) is 7.09. The average molecular weight is 349 g/mol. The van der Waals surface area contributed by atoms with E-state index in [0.29, 0.717) is 11.4 Å². The van der Waals surface area contributed by atoms with E-state index in [1.165, 1.54) is 0 Å². The quantitative estimate of drug-likeness (QED) is 0.847. The van der Waals surface area contributed by atoms with Crippen LogP contribution in [-0.4, -0.2) is 41.6 Å². The molecular formula is C18H21ClN2O3. The van der Waals surface area contributed by atoms with E-state index >= 15 is 0 Å². The predicted molar refractivity (Wildman–Crippen MR) is 91.2 cm³/mol. The number of likely N-dealkylation sites (tertiary alicyclic amines) is 1. The lowest BCUT2D eigenvalue weighted by molar-refractivity contribution is -0.134. The number of nitrogens with zero attached hydrogens (tertiary/aromatic N) is 2. The molecule has 0 saturated carbocycles. The van der Waals surface area contributed by atoms with Crippen LogP contribution in [-0.2, 0) is 9.53 Å². The molecule has 24 heavy (non-hydrogen) atoms. The fraction of sp³-hybridized carbons (Fsp3) is 0.556. The van der Waals surface area contributed by atoms with Gasteiger partial charge in [-0.15, -0.1) is 0 Å².